The summed E-state index contributed by atoms with van der Waals surface area (Å²) in [4.78, 5) is 14.8. The zero-order chi connectivity index (χ0) is 28.8. The van der Waals surface area contributed by atoms with E-state index in [-0.39, 0.29) is 42.9 Å². The van der Waals surface area contributed by atoms with Crippen molar-refractivity contribution < 1.29 is 36.2 Å². The van der Waals surface area contributed by atoms with E-state index in [9.17, 15) is 31.5 Å². The van der Waals surface area contributed by atoms with Gasteiger partial charge in [-0.2, -0.15) is 31.0 Å². The molecular formula is C25H26F3N5O5S2. The lowest BCUT2D eigenvalue weighted by Crippen LogP contribution is -2.50. The number of nitrogens with zero attached hydrogens (tertiary/aromatic N) is 4. The number of ether oxygens (including phenoxy) is 1. The molecule has 2 fully saturated rings. The number of hydrogen-bond donors (Lipinski definition) is 2. The molecule has 2 aliphatic rings. The highest BCUT2D eigenvalue weighted by Gasteiger charge is 2.41. The van der Waals surface area contributed by atoms with Crippen molar-refractivity contribution in [2.45, 2.75) is 37.2 Å². The first-order chi connectivity index (χ1) is 18.8. The predicted octanol–water partition coefficient (Wildman–Crippen LogP) is 2.97. The minimum atomic E-state index is -4.56. The molecule has 2 aliphatic heterocycles. The van der Waals surface area contributed by atoms with E-state index in [2.05, 4.69) is 5.10 Å². The Balaban J connectivity index is 1.34. The standard InChI is InChI=1S/C25H26F3N5O5S2/c1-38-19-4-3-16(20(12-19)25(26,27)28)14-32-21-5-2-15(10-17(21)13-30-32)11-22-23(34)33(24(35)39-22)18-6-8-31(9-7-18)40(29,36)37/h2-5,10-13,18,24,35H,6-9,14H2,1H3,(H2,29,36,37). The summed E-state index contributed by atoms with van der Waals surface area (Å²) in [5.74, 6) is -0.252. The van der Waals surface area contributed by atoms with Gasteiger partial charge >= 0.3 is 6.18 Å². The summed E-state index contributed by atoms with van der Waals surface area (Å²) in [6.07, 6.45) is -0.684. The maximum Gasteiger partial charge on any atom is 0.416 e. The number of amides is 1. The molecule has 0 saturated carbocycles. The average molecular weight is 598 g/mol. The molecule has 15 heteroatoms. The van der Waals surface area contributed by atoms with Crippen LogP contribution < -0.4 is 9.88 Å². The number of aliphatic hydroxyl groups is 1. The number of methoxy groups -OCH3 is 1. The van der Waals surface area contributed by atoms with E-state index in [1.165, 1.54) is 35.0 Å². The molecule has 3 N–H and O–H groups in total. The van der Waals surface area contributed by atoms with Crippen molar-refractivity contribution >= 4 is 44.9 Å². The Morgan fingerprint density at radius 1 is 1.20 bits per heavy atom. The number of fused-ring (bicyclic) bond motifs is 1. The van der Waals surface area contributed by atoms with Crippen molar-refractivity contribution in [2.24, 2.45) is 5.14 Å². The highest BCUT2D eigenvalue weighted by molar-refractivity contribution is 8.05. The summed E-state index contributed by atoms with van der Waals surface area (Å²) in [5.41, 5.74) is -0.599. The normalized spacial score (nSPS) is 20.6. The summed E-state index contributed by atoms with van der Waals surface area (Å²) in [7, 11) is -2.50. The molecule has 1 unspecified atom stereocenters. The van der Waals surface area contributed by atoms with Crippen LogP contribution in [0.5, 0.6) is 5.75 Å². The average Bonchev–Trinajstić information content (AvgIpc) is 3.42. The molecule has 0 aliphatic carbocycles. The maximum atomic E-state index is 13.7. The number of rotatable bonds is 6. The molecule has 5 rings (SSSR count). The summed E-state index contributed by atoms with van der Waals surface area (Å²) in [6.45, 7) is 0.208. The fraction of sp³-hybridized carbons (Fsp3) is 0.360. The summed E-state index contributed by atoms with van der Waals surface area (Å²) in [5, 5.41) is 20.7. The van der Waals surface area contributed by atoms with Gasteiger partial charge in [-0.25, -0.2) is 5.14 Å². The molecule has 3 heterocycles. The number of alkyl halides is 3. The Hall–Kier alpha value is -3.11. The Kier molecular flexibility index (Phi) is 7.60. The molecule has 10 nitrogen and oxygen atoms in total. The van der Waals surface area contributed by atoms with Crippen molar-refractivity contribution in [3.05, 3.63) is 64.2 Å². The zero-order valence-corrected chi connectivity index (χ0v) is 22.8. The molecule has 2 aromatic carbocycles. The second kappa shape index (κ2) is 10.7. The van der Waals surface area contributed by atoms with Gasteiger partial charge in [0.05, 0.1) is 35.8 Å². The molecule has 214 valence electrons. The van der Waals surface area contributed by atoms with E-state index in [0.717, 1.165) is 22.1 Å². The van der Waals surface area contributed by atoms with Crippen molar-refractivity contribution in [3.8, 4) is 5.75 Å². The second-order valence-corrected chi connectivity index (χ2v) is 12.1. The molecule has 1 atom stereocenters. The zero-order valence-electron chi connectivity index (χ0n) is 21.2. The van der Waals surface area contributed by atoms with Gasteiger partial charge in [0, 0.05) is 24.5 Å². The summed E-state index contributed by atoms with van der Waals surface area (Å²) >= 11 is 0.995. The van der Waals surface area contributed by atoms with Crippen molar-refractivity contribution in [1.82, 2.24) is 19.0 Å². The highest BCUT2D eigenvalue weighted by Crippen LogP contribution is 2.39. The monoisotopic (exact) mass is 597 g/mol. The minimum Gasteiger partial charge on any atom is -0.497 e. The van der Waals surface area contributed by atoms with Crippen LogP contribution in [-0.4, -0.2) is 70.2 Å². The number of piperidine rings is 1. The third-order valence-electron chi connectivity index (χ3n) is 7.00. The van der Waals surface area contributed by atoms with Crippen LogP contribution >= 0.6 is 11.8 Å². The van der Waals surface area contributed by atoms with Gasteiger partial charge < -0.3 is 14.7 Å². The van der Waals surface area contributed by atoms with Crippen molar-refractivity contribution in [1.29, 1.82) is 0 Å². The van der Waals surface area contributed by atoms with E-state index in [4.69, 9.17) is 9.88 Å². The number of halogens is 3. The van der Waals surface area contributed by atoms with E-state index < -0.39 is 27.5 Å². The van der Waals surface area contributed by atoms with E-state index in [0.29, 0.717) is 34.2 Å². The molecule has 0 spiro atoms. The van der Waals surface area contributed by atoms with E-state index in [1.807, 2.05) is 0 Å². The molecule has 0 radical (unpaired) electrons. The number of aliphatic hydroxyl groups excluding tert-OH is 1. The molecule has 40 heavy (non-hydrogen) atoms. The number of hydrogen-bond acceptors (Lipinski definition) is 7. The molecule has 1 aromatic heterocycles. The Morgan fingerprint density at radius 3 is 2.58 bits per heavy atom. The SMILES string of the molecule is COc1ccc(Cn2ncc3cc(C=C4SC(O)N(C5CCN(S(N)(=O)=O)CC5)C4=O)ccc32)c(C(F)(F)F)c1. The maximum absolute atomic E-state index is 13.7. The Bertz CT molecular complexity index is 1580. The van der Waals surface area contributed by atoms with Crippen LogP contribution in [0.1, 0.15) is 29.5 Å². The van der Waals surface area contributed by atoms with Gasteiger partial charge in [0.15, 0.2) is 5.56 Å². The fourth-order valence-corrected chi connectivity index (χ4v) is 6.72. The highest BCUT2D eigenvalue weighted by atomic mass is 32.2. The summed E-state index contributed by atoms with van der Waals surface area (Å²) < 4.78 is 71.7. The second-order valence-electron chi connectivity index (χ2n) is 9.48. The number of aromatic nitrogens is 2. The molecule has 0 bridgehead atoms. The van der Waals surface area contributed by atoms with Gasteiger partial charge in [-0.15, -0.1) is 0 Å². The topological polar surface area (TPSA) is 131 Å². The van der Waals surface area contributed by atoms with E-state index >= 15 is 0 Å². The van der Waals surface area contributed by atoms with Crippen LogP contribution in [0.2, 0.25) is 0 Å². The number of benzene rings is 2. The lowest BCUT2D eigenvalue weighted by atomic mass is 10.0. The number of carbonyl (C=O) groups excluding carboxylic acids is 1. The lowest BCUT2D eigenvalue weighted by Gasteiger charge is -2.36. The summed E-state index contributed by atoms with van der Waals surface area (Å²) in [6, 6.07) is 8.66. The first-order valence-corrected chi connectivity index (χ1v) is 14.6. The lowest BCUT2D eigenvalue weighted by molar-refractivity contribution is -0.138. The van der Waals surface area contributed by atoms with Crippen LogP contribution in [0.25, 0.3) is 17.0 Å². The van der Waals surface area contributed by atoms with Gasteiger partial charge in [-0.1, -0.05) is 23.9 Å². The molecule has 3 aromatic rings. The van der Waals surface area contributed by atoms with Crippen LogP contribution in [-0.2, 0) is 27.7 Å². The fourth-order valence-electron chi connectivity index (χ4n) is 4.98. The number of carbonyl (C=O) groups is 1. The molecular weight excluding hydrogens is 571 g/mol. The smallest absolute Gasteiger partial charge is 0.416 e. The number of nitrogens with two attached hydrogens (primary N) is 1. The Morgan fingerprint density at radius 2 is 1.93 bits per heavy atom. The third-order valence-corrected chi connectivity index (χ3v) is 9.07. The minimum absolute atomic E-state index is 0.0430. The van der Waals surface area contributed by atoms with Gasteiger partial charge in [-0.3, -0.25) is 9.48 Å². The van der Waals surface area contributed by atoms with Crippen LogP contribution in [0, 0.1) is 0 Å². The largest absolute Gasteiger partial charge is 0.497 e. The van der Waals surface area contributed by atoms with Gasteiger partial charge in [-0.05, 0) is 54.3 Å². The first kappa shape index (κ1) is 28.4. The third kappa shape index (κ3) is 5.69. The molecule has 1 amide bonds. The van der Waals surface area contributed by atoms with Gasteiger partial charge in [0.25, 0.3) is 16.1 Å². The van der Waals surface area contributed by atoms with Crippen LogP contribution in [0.3, 0.4) is 0 Å². The molecule has 2 saturated heterocycles. The van der Waals surface area contributed by atoms with Gasteiger partial charge in [0.2, 0.25) is 0 Å². The first-order valence-electron chi connectivity index (χ1n) is 12.2. The van der Waals surface area contributed by atoms with Crippen molar-refractivity contribution in [3.63, 3.8) is 0 Å². The van der Waals surface area contributed by atoms with Crippen LogP contribution in [0.4, 0.5) is 13.2 Å². The quantitative estimate of drug-likeness (QED) is 0.418. The number of thioether (sulfide) groups is 1. The predicted molar refractivity (Wildman–Crippen MR) is 143 cm³/mol. The Labute approximate surface area is 232 Å². The van der Waals surface area contributed by atoms with Gasteiger partial charge in [0.1, 0.15) is 5.75 Å². The van der Waals surface area contributed by atoms with Crippen LogP contribution in [0.15, 0.2) is 47.5 Å². The van der Waals surface area contributed by atoms with E-state index in [1.54, 1.807) is 24.3 Å². The van der Waals surface area contributed by atoms with Crippen molar-refractivity contribution in [2.75, 3.05) is 20.2 Å².